The Hall–Kier alpha value is -2.46. The van der Waals surface area contributed by atoms with E-state index >= 15 is 0 Å². The lowest BCUT2D eigenvalue weighted by atomic mass is 9.99. The minimum Gasteiger partial charge on any atom is -0.467 e. The van der Waals surface area contributed by atoms with Gasteiger partial charge in [0, 0.05) is 17.5 Å². The van der Waals surface area contributed by atoms with Gasteiger partial charge in [-0.05, 0) is 18.2 Å². The van der Waals surface area contributed by atoms with Crippen molar-refractivity contribution in [1.82, 2.24) is 0 Å². The van der Waals surface area contributed by atoms with Crippen molar-refractivity contribution in [2.45, 2.75) is 30.7 Å². The topological polar surface area (TPSA) is 136 Å². The summed E-state index contributed by atoms with van der Waals surface area (Å²) in [5.74, 6) is -0.755. The van der Waals surface area contributed by atoms with Crippen LogP contribution in [0.2, 0.25) is 0 Å². The highest BCUT2D eigenvalue weighted by atomic mass is 16.7. The number of ether oxygens (including phenoxy) is 3. The molecule has 9 heteroatoms. The molecule has 134 valence electrons. The third-order valence-electron chi connectivity index (χ3n) is 3.85. The molecule has 0 aliphatic carbocycles. The summed E-state index contributed by atoms with van der Waals surface area (Å²) in [6.45, 7) is 0. The van der Waals surface area contributed by atoms with Gasteiger partial charge < -0.3 is 33.9 Å². The molecule has 1 aromatic carbocycles. The molecule has 3 N–H and O–H groups in total. The first-order valence-electron chi connectivity index (χ1n) is 7.39. The lowest BCUT2D eigenvalue weighted by Crippen LogP contribution is -2.61. The van der Waals surface area contributed by atoms with Crippen LogP contribution in [0.1, 0.15) is 0 Å². The molecule has 9 nitrogen and oxygen atoms in total. The molecule has 1 aliphatic heterocycles. The molecular formula is C16H16O9. The lowest BCUT2D eigenvalue weighted by molar-refractivity contribution is -0.271. The average molecular weight is 352 g/mol. The smallest absolute Gasteiger partial charge is 0.337 e. The molecule has 1 aliphatic rings. The predicted molar refractivity (Wildman–Crippen MR) is 81.8 cm³/mol. The Labute approximate surface area is 141 Å². The molecule has 1 saturated heterocycles. The normalized spacial score (nSPS) is 29.4. The minimum atomic E-state index is -1.68. The highest BCUT2D eigenvalue weighted by Gasteiger charge is 2.48. The van der Waals surface area contributed by atoms with E-state index in [0.29, 0.717) is 5.39 Å². The summed E-state index contributed by atoms with van der Waals surface area (Å²) in [4.78, 5) is 22.9. The van der Waals surface area contributed by atoms with Gasteiger partial charge in [-0.1, -0.05) is 0 Å². The number of methoxy groups -OCH3 is 1. The minimum absolute atomic E-state index is 0.165. The fourth-order valence-electron chi connectivity index (χ4n) is 2.50. The van der Waals surface area contributed by atoms with Crippen LogP contribution in [0, 0.1) is 0 Å². The summed E-state index contributed by atoms with van der Waals surface area (Å²) >= 11 is 0. The van der Waals surface area contributed by atoms with E-state index in [0.717, 1.165) is 7.11 Å². The summed E-state index contributed by atoms with van der Waals surface area (Å²) < 4.78 is 20.2. The standard InChI is InChI=1S/C16H16O9/c1-22-15(21)14-12(19)11(18)13(20)16(25-14)23-8-4-2-7-3-5-10(17)24-9(7)6-8/h2-6,11-14,16,18-20H,1H3/t11-,12-,13+,14-,16+/m0/s1. The van der Waals surface area contributed by atoms with Crippen molar-refractivity contribution >= 4 is 16.9 Å². The molecule has 1 fully saturated rings. The van der Waals surface area contributed by atoms with E-state index in [4.69, 9.17) is 13.9 Å². The van der Waals surface area contributed by atoms with E-state index in [2.05, 4.69) is 4.74 Å². The number of carbonyl (C=O) groups excluding carboxylic acids is 1. The fraction of sp³-hybridized carbons (Fsp3) is 0.375. The van der Waals surface area contributed by atoms with Crippen molar-refractivity contribution in [3.8, 4) is 5.75 Å². The van der Waals surface area contributed by atoms with E-state index in [-0.39, 0.29) is 11.3 Å². The summed E-state index contributed by atoms with van der Waals surface area (Å²) in [6.07, 6.45) is -7.94. The van der Waals surface area contributed by atoms with E-state index in [9.17, 15) is 24.9 Å². The number of fused-ring (bicyclic) bond motifs is 1. The van der Waals surface area contributed by atoms with Crippen LogP contribution < -0.4 is 10.4 Å². The SMILES string of the molecule is COC(=O)[C@H]1O[C@@H](Oc2ccc3ccc(=O)oc3c2)[C@H](O)[C@@H](O)[C@@H]1O. The van der Waals surface area contributed by atoms with Gasteiger partial charge in [0.05, 0.1) is 7.11 Å². The van der Waals surface area contributed by atoms with Crippen LogP contribution in [0.3, 0.4) is 0 Å². The Balaban J connectivity index is 1.85. The van der Waals surface area contributed by atoms with Crippen molar-refractivity contribution in [3.63, 3.8) is 0 Å². The monoisotopic (exact) mass is 352 g/mol. The van der Waals surface area contributed by atoms with Crippen molar-refractivity contribution in [2.24, 2.45) is 0 Å². The number of aliphatic hydroxyl groups is 3. The zero-order chi connectivity index (χ0) is 18.1. The van der Waals surface area contributed by atoms with Gasteiger partial charge in [-0.3, -0.25) is 0 Å². The number of carbonyl (C=O) groups is 1. The van der Waals surface area contributed by atoms with Crippen LogP contribution in [0.4, 0.5) is 0 Å². The van der Waals surface area contributed by atoms with Crippen LogP contribution >= 0.6 is 0 Å². The quantitative estimate of drug-likeness (QED) is 0.477. The molecule has 0 unspecified atom stereocenters. The van der Waals surface area contributed by atoms with E-state index in [1.165, 1.54) is 18.2 Å². The Morgan fingerprint density at radius 2 is 1.80 bits per heavy atom. The Kier molecular flexibility index (Phi) is 4.73. The molecule has 0 spiro atoms. The Morgan fingerprint density at radius 1 is 1.08 bits per heavy atom. The number of benzene rings is 1. The third-order valence-corrected chi connectivity index (χ3v) is 3.85. The molecular weight excluding hydrogens is 336 g/mol. The van der Waals surface area contributed by atoms with Crippen molar-refractivity contribution in [2.75, 3.05) is 7.11 Å². The zero-order valence-corrected chi connectivity index (χ0v) is 13.1. The number of esters is 1. The van der Waals surface area contributed by atoms with Crippen LogP contribution in [-0.4, -0.2) is 59.1 Å². The van der Waals surface area contributed by atoms with Gasteiger partial charge in [0.1, 0.15) is 29.6 Å². The van der Waals surface area contributed by atoms with Gasteiger partial charge in [0.15, 0.2) is 6.10 Å². The predicted octanol–water partition coefficient (Wildman–Crippen LogP) is -0.848. The number of hydrogen-bond donors (Lipinski definition) is 3. The number of aliphatic hydroxyl groups excluding tert-OH is 3. The molecule has 2 aromatic rings. The van der Waals surface area contributed by atoms with Gasteiger partial charge >= 0.3 is 11.6 Å². The molecule has 0 bridgehead atoms. The van der Waals surface area contributed by atoms with Crippen LogP contribution in [0.15, 0.2) is 39.5 Å². The summed E-state index contributed by atoms with van der Waals surface area (Å²) in [5, 5.41) is 30.4. The molecule has 0 saturated carbocycles. The lowest BCUT2D eigenvalue weighted by Gasteiger charge is -2.38. The van der Waals surface area contributed by atoms with Gasteiger partial charge in [-0.25, -0.2) is 9.59 Å². The van der Waals surface area contributed by atoms with Gasteiger partial charge in [0.2, 0.25) is 6.29 Å². The van der Waals surface area contributed by atoms with E-state index in [1.807, 2.05) is 0 Å². The maximum atomic E-state index is 11.6. The maximum absolute atomic E-state index is 11.6. The second-order valence-electron chi connectivity index (χ2n) is 5.49. The van der Waals surface area contributed by atoms with E-state index < -0.39 is 42.3 Å². The third kappa shape index (κ3) is 3.35. The Bertz CT molecular complexity index is 830. The second kappa shape index (κ2) is 6.81. The molecule has 1 aromatic heterocycles. The second-order valence-corrected chi connectivity index (χ2v) is 5.49. The number of rotatable bonds is 3. The molecule has 2 heterocycles. The molecule has 3 rings (SSSR count). The van der Waals surface area contributed by atoms with Crippen molar-refractivity contribution < 1.29 is 38.7 Å². The summed E-state index contributed by atoms with van der Waals surface area (Å²) in [6, 6.07) is 7.39. The molecule has 25 heavy (non-hydrogen) atoms. The van der Waals surface area contributed by atoms with Gasteiger partial charge in [-0.2, -0.15) is 0 Å². The summed E-state index contributed by atoms with van der Waals surface area (Å²) in [5.41, 5.74) is -0.289. The fourth-order valence-corrected chi connectivity index (χ4v) is 2.50. The van der Waals surface area contributed by atoms with Crippen molar-refractivity contribution in [3.05, 3.63) is 40.8 Å². The maximum Gasteiger partial charge on any atom is 0.337 e. The van der Waals surface area contributed by atoms with E-state index in [1.54, 1.807) is 12.1 Å². The van der Waals surface area contributed by atoms with Crippen molar-refractivity contribution in [1.29, 1.82) is 0 Å². The molecule has 0 radical (unpaired) electrons. The summed E-state index contributed by atoms with van der Waals surface area (Å²) in [7, 11) is 1.09. The number of hydrogen-bond acceptors (Lipinski definition) is 9. The van der Waals surface area contributed by atoms with Crippen LogP contribution in [0.25, 0.3) is 11.0 Å². The zero-order valence-electron chi connectivity index (χ0n) is 13.1. The Morgan fingerprint density at radius 3 is 2.52 bits per heavy atom. The molecule has 5 atom stereocenters. The molecule has 0 amide bonds. The largest absolute Gasteiger partial charge is 0.467 e. The first kappa shape index (κ1) is 17.4. The van der Waals surface area contributed by atoms with Gasteiger partial charge in [0.25, 0.3) is 0 Å². The highest BCUT2D eigenvalue weighted by molar-refractivity contribution is 5.77. The first-order valence-corrected chi connectivity index (χ1v) is 7.39. The van der Waals surface area contributed by atoms with Gasteiger partial charge in [-0.15, -0.1) is 0 Å². The van der Waals surface area contributed by atoms with Crippen LogP contribution in [0.5, 0.6) is 5.75 Å². The average Bonchev–Trinajstić information content (AvgIpc) is 2.61. The van der Waals surface area contributed by atoms with Crippen LogP contribution in [-0.2, 0) is 14.3 Å². The first-order chi connectivity index (χ1) is 11.9. The highest BCUT2D eigenvalue weighted by Crippen LogP contribution is 2.26.